The van der Waals surface area contributed by atoms with Gasteiger partial charge in [0.25, 0.3) is 0 Å². The number of nitrogens with zero attached hydrogens (tertiary/aromatic N) is 1. The first-order valence-electron chi connectivity index (χ1n) is 14.3. The minimum absolute atomic E-state index is 0.0662. The molecule has 1 aliphatic carbocycles. The quantitative estimate of drug-likeness (QED) is 0.218. The number of rotatable bonds is 15. The van der Waals surface area contributed by atoms with Crippen molar-refractivity contribution in [1.82, 2.24) is 14.9 Å². The zero-order chi connectivity index (χ0) is 31.6. The normalized spacial score (nSPS) is 13.6. The molecule has 0 aliphatic heterocycles. The van der Waals surface area contributed by atoms with Crippen molar-refractivity contribution >= 4 is 28.2 Å². The summed E-state index contributed by atoms with van der Waals surface area (Å²) in [7, 11) is -3.99. The molecular weight excluding hydrogens is 576 g/mol. The molecule has 5 N–H and O–H groups in total. The minimum atomic E-state index is -3.99. The van der Waals surface area contributed by atoms with E-state index in [0.717, 1.165) is 26.6 Å². The molecule has 13 heteroatoms. The average molecular weight is 619 g/mol. The number of hydrogen-bond acceptors (Lipinski definition) is 8. The molecule has 12 nitrogen and oxygen atoms in total. The fraction of sp³-hybridized carbons (Fsp3) is 0.500. The average Bonchev–Trinajstić information content (AvgIpc) is 3.23. The number of ether oxygens (including phenoxy) is 2. The molecule has 3 rings (SSSR count). The first-order valence-corrected chi connectivity index (χ1v) is 15.9. The number of carboxylic acid groups (broad SMARTS) is 1. The fourth-order valence-electron chi connectivity index (χ4n) is 4.99. The molecule has 0 aromatic heterocycles. The van der Waals surface area contributed by atoms with E-state index in [-0.39, 0.29) is 25.6 Å². The summed E-state index contributed by atoms with van der Waals surface area (Å²) in [5, 5.41) is 14.7. The Morgan fingerprint density at radius 3 is 2.16 bits per heavy atom. The Morgan fingerprint density at radius 1 is 1.00 bits per heavy atom. The van der Waals surface area contributed by atoms with Gasteiger partial charge in [-0.05, 0) is 62.3 Å². The molecule has 0 unspecified atom stereocenters. The number of fused-ring (bicyclic) bond motifs is 3. The molecule has 0 heterocycles. The molecule has 1 aliphatic rings. The van der Waals surface area contributed by atoms with Gasteiger partial charge in [-0.15, -0.1) is 0 Å². The SMILES string of the molecule is CC(C)(C)OC(=O)NCCCC[C@@H](CN(CC(=O)O)S(=O)(=O)CCN)NC(=O)OCC1c2ccccc2-c2ccccc21. The van der Waals surface area contributed by atoms with Crippen LogP contribution in [0.3, 0.4) is 0 Å². The van der Waals surface area contributed by atoms with Crippen LogP contribution in [0.1, 0.15) is 57.1 Å². The van der Waals surface area contributed by atoms with Crippen molar-refractivity contribution in [1.29, 1.82) is 0 Å². The number of carbonyl (C=O) groups is 3. The number of nitrogens with two attached hydrogens (primary N) is 1. The maximum Gasteiger partial charge on any atom is 0.407 e. The van der Waals surface area contributed by atoms with E-state index >= 15 is 0 Å². The van der Waals surface area contributed by atoms with Gasteiger partial charge in [-0.25, -0.2) is 18.0 Å². The number of benzene rings is 2. The maximum atomic E-state index is 13.0. The van der Waals surface area contributed by atoms with E-state index in [1.54, 1.807) is 20.8 Å². The molecule has 2 aromatic rings. The van der Waals surface area contributed by atoms with E-state index < -0.39 is 52.1 Å². The van der Waals surface area contributed by atoms with Gasteiger partial charge in [-0.2, -0.15) is 4.31 Å². The van der Waals surface area contributed by atoms with Crippen molar-refractivity contribution in [3.8, 4) is 11.1 Å². The third-order valence-corrected chi connectivity index (χ3v) is 8.63. The molecule has 0 radical (unpaired) electrons. The second-order valence-electron chi connectivity index (χ2n) is 11.4. The smallest absolute Gasteiger partial charge is 0.407 e. The number of alkyl carbamates (subject to hydrolysis) is 2. The van der Waals surface area contributed by atoms with Gasteiger partial charge in [0.15, 0.2) is 0 Å². The second-order valence-corrected chi connectivity index (χ2v) is 13.5. The van der Waals surface area contributed by atoms with E-state index in [1.165, 1.54) is 0 Å². The number of unbranched alkanes of at least 4 members (excludes halogenated alkanes) is 1. The summed E-state index contributed by atoms with van der Waals surface area (Å²) in [6.45, 7) is 4.41. The largest absolute Gasteiger partial charge is 0.480 e. The van der Waals surface area contributed by atoms with E-state index in [2.05, 4.69) is 10.6 Å². The predicted molar refractivity (Wildman–Crippen MR) is 162 cm³/mol. The number of carboxylic acids is 1. The molecule has 0 saturated carbocycles. The molecule has 2 amide bonds. The Bertz CT molecular complexity index is 1330. The van der Waals surface area contributed by atoms with E-state index in [1.807, 2.05) is 48.5 Å². The summed E-state index contributed by atoms with van der Waals surface area (Å²) in [4.78, 5) is 36.4. The predicted octanol–water partition coefficient (Wildman–Crippen LogP) is 3.26. The second kappa shape index (κ2) is 15.2. The number of carbonyl (C=O) groups excluding carboxylic acids is 2. The molecule has 0 spiro atoms. The molecule has 0 saturated heterocycles. The van der Waals surface area contributed by atoms with Crippen LogP contribution in [0, 0.1) is 0 Å². The van der Waals surface area contributed by atoms with Gasteiger partial charge in [0.1, 0.15) is 18.8 Å². The summed E-state index contributed by atoms with van der Waals surface area (Å²) in [6, 6.07) is 15.1. The summed E-state index contributed by atoms with van der Waals surface area (Å²) >= 11 is 0. The van der Waals surface area contributed by atoms with Gasteiger partial charge in [-0.1, -0.05) is 48.5 Å². The van der Waals surface area contributed by atoms with Crippen molar-refractivity contribution in [3.05, 3.63) is 59.7 Å². The van der Waals surface area contributed by atoms with Gasteiger partial charge in [-0.3, -0.25) is 4.79 Å². The molecule has 2 aromatic carbocycles. The van der Waals surface area contributed by atoms with Crippen LogP contribution in [0.25, 0.3) is 11.1 Å². The number of amides is 2. The van der Waals surface area contributed by atoms with Crippen LogP contribution in [0.2, 0.25) is 0 Å². The maximum absolute atomic E-state index is 13.0. The minimum Gasteiger partial charge on any atom is -0.480 e. The topological polar surface area (TPSA) is 177 Å². The van der Waals surface area contributed by atoms with Gasteiger partial charge >= 0.3 is 18.2 Å². The molecule has 1 atom stereocenters. The number of sulfonamides is 1. The Labute approximate surface area is 253 Å². The zero-order valence-corrected chi connectivity index (χ0v) is 25.7. The molecular formula is C30H42N4O8S. The highest BCUT2D eigenvalue weighted by atomic mass is 32.2. The first-order chi connectivity index (χ1) is 20.3. The molecule has 0 bridgehead atoms. The van der Waals surface area contributed by atoms with Crippen molar-refractivity contribution in [2.45, 2.75) is 57.6 Å². The van der Waals surface area contributed by atoms with Gasteiger partial charge in [0, 0.05) is 31.6 Å². The van der Waals surface area contributed by atoms with Gasteiger partial charge in [0.05, 0.1) is 5.75 Å². The van der Waals surface area contributed by atoms with E-state index in [9.17, 15) is 27.9 Å². The van der Waals surface area contributed by atoms with Crippen LogP contribution in [0.15, 0.2) is 48.5 Å². The number of hydrogen-bond donors (Lipinski definition) is 4. The van der Waals surface area contributed by atoms with Gasteiger partial charge in [0.2, 0.25) is 10.0 Å². The van der Waals surface area contributed by atoms with Crippen molar-refractivity contribution in [3.63, 3.8) is 0 Å². The number of aliphatic carboxylic acids is 1. The van der Waals surface area contributed by atoms with Crippen LogP contribution in [-0.2, 0) is 24.3 Å². The lowest BCUT2D eigenvalue weighted by Gasteiger charge is -2.26. The van der Waals surface area contributed by atoms with Crippen LogP contribution in [0.4, 0.5) is 9.59 Å². The van der Waals surface area contributed by atoms with Gasteiger partial charge < -0.3 is 30.9 Å². The van der Waals surface area contributed by atoms with E-state index in [4.69, 9.17) is 15.2 Å². The standard InChI is InChI=1S/C30H42N4O8S/c1-30(2,3)42-28(37)32-16-9-8-10-21(18-34(19-27(35)36)43(39,40)17-15-31)33-29(38)41-20-26-24-13-6-4-11-22(24)23-12-5-7-14-25(23)26/h4-7,11-14,21,26H,8-10,15-20,31H2,1-3H3,(H,32,37)(H,33,38)(H,35,36)/t21-/m0/s1. The summed E-state index contributed by atoms with van der Waals surface area (Å²) < 4.78 is 37.2. The lowest BCUT2D eigenvalue weighted by Crippen LogP contribution is -2.48. The molecule has 0 fully saturated rings. The van der Waals surface area contributed by atoms with Crippen molar-refractivity contribution in [2.24, 2.45) is 5.73 Å². The Balaban J connectivity index is 1.66. The highest BCUT2D eigenvalue weighted by Crippen LogP contribution is 2.44. The van der Waals surface area contributed by atoms with Crippen molar-refractivity contribution < 1.29 is 37.4 Å². The third-order valence-electron chi connectivity index (χ3n) is 6.82. The zero-order valence-electron chi connectivity index (χ0n) is 24.9. The molecule has 236 valence electrons. The highest BCUT2D eigenvalue weighted by molar-refractivity contribution is 7.89. The summed E-state index contributed by atoms with van der Waals surface area (Å²) in [5.41, 5.74) is 9.08. The van der Waals surface area contributed by atoms with Crippen LogP contribution < -0.4 is 16.4 Å². The van der Waals surface area contributed by atoms with Crippen LogP contribution >= 0.6 is 0 Å². The molecule has 43 heavy (non-hydrogen) atoms. The lowest BCUT2D eigenvalue weighted by atomic mass is 9.98. The third kappa shape index (κ3) is 10.2. The monoisotopic (exact) mass is 618 g/mol. The highest BCUT2D eigenvalue weighted by Gasteiger charge is 2.31. The Hall–Kier alpha value is -3.68. The van der Waals surface area contributed by atoms with Crippen LogP contribution in [-0.4, -0.2) is 86.2 Å². The lowest BCUT2D eigenvalue weighted by molar-refractivity contribution is -0.137. The summed E-state index contributed by atoms with van der Waals surface area (Å²) in [5.74, 6) is -1.93. The summed E-state index contributed by atoms with van der Waals surface area (Å²) in [6.07, 6.45) is -0.000848. The van der Waals surface area contributed by atoms with E-state index in [0.29, 0.717) is 25.8 Å². The first kappa shape index (κ1) is 33.8. The Morgan fingerprint density at radius 2 is 1.60 bits per heavy atom. The van der Waals surface area contributed by atoms with Crippen molar-refractivity contribution in [2.75, 3.05) is 38.5 Å². The van der Waals surface area contributed by atoms with Crippen LogP contribution in [0.5, 0.6) is 0 Å². The number of nitrogens with one attached hydrogen (secondary N) is 2. The Kier molecular flexibility index (Phi) is 11.9. The fourth-order valence-corrected chi connectivity index (χ4v) is 6.26.